The molecule has 0 unspecified atom stereocenters. The van der Waals surface area contributed by atoms with Crippen molar-refractivity contribution in [1.29, 1.82) is 0 Å². The largest absolute Gasteiger partial charge is 0.395 e. The van der Waals surface area contributed by atoms with Gasteiger partial charge in [0.2, 0.25) is 17.8 Å². The van der Waals surface area contributed by atoms with Crippen LogP contribution in [0.25, 0.3) is 21.8 Å². The third-order valence-electron chi connectivity index (χ3n) is 10.3. The standard InChI is InChI=1S/C41H46N14O8S4/c1-5-53(6-2)25-9-13-33(47-49-37-29-23-27(66(58,59)60)11-15-31(29)51-64-37)35(21-25)42-39-44-40(46-41(45-39)55(17-19-56)18-20-57)43-36-22-26(54(7-3)8-4)10-14-34(36)48-50-38-30-24-28(67(61,62)63)12-16-32(30)52-65-38/h9-16,21-24,56-57H,5-8,17-20H2,1-4H3,(H,58,59,60)(H,61,62,63)(H2,42,43,44,45,46)/b49-47+,50-48+. The summed E-state index contributed by atoms with van der Waals surface area (Å²) in [7, 11) is -8.99. The second-order valence-electron chi connectivity index (χ2n) is 14.4. The minimum Gasteiger partial charge on any atom is -0.395 e. The van der Waals surface area contributed by atoms with Crippen LogP contribution in [-0.2, 0) is 20.2 Å². The monoisotopic (exact) mass is 990 g/mol. The van der Waals surface area contributed by atoms with E-state index in [4.69, 9.17) is 15.0 Å². The summed E-state index contributed by atoms with van der Waals surface area (Å²) >= 11 is 2.00. The molecule has 0 atom stereocenters. The summed E-state index contributed by atoms with van der Waals surface area (Å²) in [4.78, 5) is 19.4. The molecule has 352 valence electrons. The summed E-state index contributed by atoms with van der Waals surface area (Å²) in [6.07, 6.45) is 0. The summed E-state index contributed by atoms with van der Waals surface area (Å²) in [6.45, 7) is 10.4. The van der Waals surface area contributed by atoms with Crippen molar-refractivity contribution >= 4 is 127 Å². The number of aliphatic hydroxyl groups is 2. The van der Waals surface area contributed by atoms with E-state index in [0.29, 0.717) is 80.7 Å². The molecule has 0 bridgehead atoms. The molecule has 0 aliphatic heterocycles. The van der Waals surface area contributed by atoms with Crippen LogP contribution in [0, 0.1) is 0 Å². The summed E-state index contributed by atoms with van der Waals surface area (Å²) in [5.74, 6) is 0.179. The van der Waals surface area contributed by atoms with E-state index in [2.05, 4.69) is 49.6 Å². The lowest BCUT2D eigenvalue weighted by Crippen LogP contribution is -2.31. The van der Waals surface area contributed by atoms with Crippen LogP contribution in [0.15, 0.2) is 103 Å². The number of hydrogen-bond donors (Lipinski definition) is 6. The van der Waals surface area contributed by atoms with Crippen molar-refractivity contribution in [2.24, 2.45) is 20.5 Å². The summed E-state index contributed by atoms with van der Waals surface area (Å²) in [5, 5.41) is 45.9. The number of aromatic nitrogens is 5. The maximum absolute atomic E-state index is 11.9. The molecule has 6 N–H and O–H groups in total. The predicted molar refractivity (Wildman–Crippen MR) is 260 cm³/mol. The Balaban J connectivity index is 1.32. The SMILES string of the molecule is CCN(CC)c1ccc(/N=N/c2snc3ccc(S(=O)(=O)O)cc23)c(Nc2nc(Nc3cc(N(CC)CC)ccc3/N=N/c3snc4ccc(S(=O)(=O)O)cc34)nc(N(CCO)CCO)n2)c1. The van der Waals surface area contributed by atoms with Gasteiger partial charge in [0, 0.05) is 61.4 Å². The zero-order chi connectivity index (χ0) is 47.9. The van der Waals surface area contributed by atoms with Crippen molar-refractivity contribution in [2.75, 3.05) is 77.8 Å². The van der Waals surface area contributed by atoms with E-state index in [1.807, 2.05) is 52.0 Å². The average molecular weight is 991 g/mol. The van der Waals surface area contributed by atoms with Gasteiger partial charge >= 0.3 is 0 Å². The van der Waals surface area contributed by atoms with Gasteiger partial charge in [-0.2, -0.15) is 40.5 Å². The third-order valence-corrected chi connectivity index (χ3v) is 13.5. The number of benzene rings is 4. The minimum absolute atomic E-state index is 0.0383. The molecule has 0 saturated carbocycles. The lowest BCUT2D eigenvalue weighted by Gasteiger charge is -2.24. The Hall–Kier alpha value is -6.39. The maximum atomic E-state index is 11.9. The Morgan fingerprint density at radius 2 is 0.970 bits per heavy atom. The molecular weight excluding hydrogens is 945 g/mol. The zero-order valence-electron chi connectivity index (χ0n) is 36.5. The van der Waals surface area contributed by atoms with Gasteiger partial charge in [-0.25, -0.2) is 0 Å². The second kappa shape index (κ2) is 21.1. The van der Waals surface area contributed by atoms with Crippen molar-refractivity contribution in [3.05, 3.63) is 72.8 Å². The van der Waals surface area contributed by atoms with E-state index in [1.54, 1.807) is 17.0 Å². The Kier molecular flexibility index (Phi) is 15.3. The summed E-state index contributed by atoms with van der Waals surface area (Å²) < 4.78 is 75.8. The van der Waals surface area contributed by atoms with Crippen LogP contribution in [0.1, 0.15) is 27.7 Å². The van der Waals surface area contributed by atoms with Gasteiger partial charge in [0.1, 0.15) is 11.4 Å². The number of anilines is 7. The number of hydrogen-bond acceptors (Lipinski definition) is 22. The highest BCUT2D eigenvalue weighted by molar-refractivity contribution is 7.86. The number of fused-ring (bicyclic) bond motifs is 2. The van der Waals surface area contributed by atoms with Crippen LogP contribution in [-0.4, -0.2) is 112 Å². The lowest BCUT2D eigenvalue weighted by molar-refractivity contribution is 0.280. The smallest absolute Gasteiger partial charge is 0.294 e. The molecule has 0 aliphatic carbocycles. The third kappa shape index (κ3) is 11.4. The topological polar surface area (TPSA) is 297 Å². The zero-order valence-corrected chi connectivity index (χ0v) is 39.8. The molecule has 26 heteroatoms. The highest BCUT2D eigenvalue weighted by Crippen LogP contribution is 2.39. The van der Waals surface area contributed by atoms with E-state index >= 15 is 0 Å². The van der Waals surface area contributed by atoms with Crippen LogP contribution in [0.2, 0.25) is 0 Å². The molecule has 4 aromatic carbocycles. The summed E-state index contributed by atoms with van der Waals surface area (Å²) in [5.41, 5.74) is 4.15. The quantitative estimate of drug-likeness (QED) is 0.0291. The molecular formula is C41H46N14O8S4. The Labute approximate surface area is 393 Å². The van der Waals surface area contributed by atoms with E-state index < -0.39 is 20.2 Å². The van der Waals surface area contributed by atoms with Gasteiger partial charge in [-0.05, 0) is 124 Å². The normalized spacial score (nSPS) is 12.2. The van der Waals surface area contributed by atoms with Gasteiger partial charge in [0.05, 0.1) is 45.4 Å². The van der Waals surface area contributed by atoms with Gasteiger partial charge in [-0.3, -0.25) is 9.11 Å². The number of nitrogens with zero attached hydrogens (tertiary/aromatic N) is 12. The number of nitrogens with one attached hydrogen (secondary N) is 2. The molecule has 3 aromatic heterocycles. The number of aliphatic hydroxyl groups excluding tert-OH is 2. The molecule has 0 aliphatic rings. The van der Waals surface area contributed by atoms with Gasteiger partial charge in [-0.1, -0.05) is 0 Å². The fourth-order valence-corrected chi connectivity index (χ4v) is 9.26. The van der Waals surface area contributed by atoms with Crippen molar-refractivity contribution < 1.29 is 36.2 Å². The van der Waals surface area contributed by atoms with Crippen LogP contribution in [0.5, 0.6) is 0 Å². The molecule has 0 spiro atoms. The summed E-state index contributed by atoms with van der Waals surface area (Å²) in [6, 6.07) is 19.0. The second-order valence-corrected chi connectivity index (χ2v) is 18.7. The minimum atomic E-state index is -4.50. The predicted octanol–water partition coefficient (Wildman–Crippen LogP) is 8.39. The first kappa shape index (κ1) is 48.5. The first-order valence-electron chi connectivity index (χ1n) is 20.8. The molecule has 0 radical (unpaired) electrons. The molecule has 67 heavy (non-hydrogen) atoms. The molecule has 3 heterocycles. The highest BCUT2D eigenvalue weighted by Gasteiger charge is 2.20. The van der Waals surface area contributed by atoms with Gasteiger partial charge < -0.3 is 35.5 Å². The van der Waals surface area contributed by atoms with Crippen molar-refractivity contribution in [1.82, 2.24) is 23.7 Å². The first-order valence-corrected chi connectivity index (χ1v) is 25.2. The Bertz CT molecular complexity index is 2970. The maximum Gasteiger partial charge on any atom is 0.294 e. The Morgan fingerprint density at radius 1 is 0.552 bits per heavy atom. The highest BCUT2D eigenvalue weighted by atomic mass is 32.2. The van der Waals surface area contributed by atoms with E-state index in [0.717, 1.165) is 34.4 Å². The van der Waals surface area contributed by atoms with Crippen molar-refractivity contribution in [3.63, 3.8) is 0 Å². The van der Waals surface area contributed by atoms with Crippen molar-refractivity contribution in [2.45, 2.75) is 37.5 Å². The van der Waals surface area contributed by atoms with Crippen molar-refractivity contribution in [3.8, 4) is 0 Å². The fourth-order valence-electron chi connectivity index (χ4n) is 6.88. The Morgan fingerprint density at radius 3 is 1.34 bits per heavy atom. The van der Waals surface area contributed by atoms with Gasteiger partial charge in [0.25, 0.3) is 20.2 Å². The molecule has 0 amide bonds. The molecule has 0 fully saturated rings. The first-order chi connectivity index (χ1) is 32.1. The lowest BCUT2D eigenvalue weighted by atomic mass is 10.2. The van der Waals surface area contributed by atoms with E-state index in [1.165, 1.54) is 36.4 Å². The molecule has 0 saturated heterocycles. The van der Waals surface area contributed by atoms with Gasteiger partial charge in [0.15, 0.2) is 10.0 Å². The number of azo groups is 2. The molecule has 7 aromatic rings. The van der Waals surface area contributed by atoms with Crippen LogP contribution < -0.4 is 25.3 Å². The average Bonchev–Trinajstić information content (AvgIpc) is 3.91. The van der Waals surface area contributed by atoms with Gasteiger partial charge in [-0.15, -0.1) is 20.5 Å². The van der Waals surface area contributed by atoms with Crippen LogP contribution in [0.3, 0.4) is 0 Å². The van der Waals surface area contributed by atoms with Crippen LogP contribution >= 0.6 is 23.1 Å². The fraction of sp³-hybridized carbons (Fsp3) is 0.293. The molecule has 7 rings (SSSR count). The van der Waals surface area contributed by atoms with E-state index in [-0.39, 0.29) is 53.9 Å². The van der Waals surface area contributed by atoms with Crippen LogP contribution in [0.4, 0.5) is 62.0 Å². The van der Waals surface area contributed by atoms with E-state index in [9.17, 15) is 36.2 Å². The molecule has 22 nitrogen and oxygen atoms in total. The number of rotatable bonds is 21.